The summed E-state index contributed by atoms with van der Waals surface area (Å²) in [5.74, 6) is -0.253. The minimum absolute atomic E-state index is 0.0522. The van der Waals surface area contributed by atoms with E-state index in [1.807, 2.05) is 36.5 Å². The zero-order chi connectivity index (χ0) is 23.2. The summed E-state index contributed by atoms with van der Waals surface area (Å²) >= 11 is 0. The monoisotopic (exact) mass is 451 g/mol. The molecule has 0 saturated heterocycles. The Hall–Kier alpha value is -2.90. The van der Waals surface area contributed by atoms with Crippen LogP contribution in [0.4, 0.5) is 0 Å². The highest BCUT2D eigenvalue weighted by Crippen LogP contribution is 2.33. The van der Waals surface area contributed by atoms with Crippen LogP contribution in [-0.2, 0) is 11.2 Å². The zero-order valence-corrected chi connectivity index (χ0v) is 19.0. The Labute approximate surface area is 194 Å². The topological polar surface area (TPSA) is 107 Å². The highest BCUT2D eigenvalue weighted by atomic mass is 16.5. The molecule has 4 N–H and O–H groups in total. The second kappa shape index (κ2) is 10.8. The molecule has 7 nitrogen and oxygen atoms in total. The molecule has 3 atom stereocenters. The summed E-state index contributed by atoms with van der Waals surface area (Å²) in [6.07, 6.45) is 9.75. The lowest BCUT2D eigenvalue weighted by Gasteiger charge is -2.28. The summed E-state index contributed by atoms with van der Waals surface area (Å²) in [6, 6.07) is 9.60. The van der Waals surface area contributed by atoms with Crippen LogP contribution in [0.5, 0.6) is 5.75 Å². The number of H-pyrrole nitrogens is 1. The van der Waals surface area contributed by atoms with Gasteiger partial charge in [-0.1, -0.05) is 37.5 Å². The lowest BCUT2D eigenvalue weighted by atomic mass is 9.85. The van der Waals surface area contributed by atoms with Crippen molar-refractivity contribution in [2.24, 2.45) is 5.92 Å². The smallest absolute Gasteiger partial charge is 0.345 e. The van der Waals surface area contributed by atoms with Crippen LogP contribution < -0.4 is 10.1 Å². The predicted octanol–water partition coefficient (Wildman–Crippen LogP) is 4.23. The maximum Gasteiger partial charge on any atom is 0.345 e. The average Bonchev–Trinajstić information content (AvgIpc) is 3.25. The quantitative estimate of drug-likeness (QED) is 0.367. The molecule has 0 aliphatic heterocycles. The number of rotatable bonds is 10. The van der Waals surface area contributed by atoms with Crippen molar-refractivity contribution in [3.63, 3.8) is 0 Å². The lowest BCUT2D eigenvalue weighted by molar-refractivity contribution is -0.148. The van der Waals surface area contributed by atoms with E-state index < -0.39 is 18.2 Å². The van der Waals surface area contributed by atoms with Gasteiger partial charge >= 0.3 is 5.97 Å². The molecule has 2 heterocycles. The third kappa shape index (κ3) is 5.72. The van der Waals surface area contributed by atoms with Gasteiger partial charge in [-0.15, -0.1) is 0 Å². The fourth-order valence-corrected chi connectivity index (χ4v) is 4.78. The second-order valence-electron chi connectivity index (χ2n) is 9.08. The van der Waals surface area contributed by atoms with Crippen molar-refractivity contribution in [3.8, 4) is 5.75 Å². The number of pyridine rings is 1. The van der Waals surface area contributed by atoms with Crippen molar-refractivity contribution in [3.05, 3.63) is 60.0 Å². The maximum atomic E-state index is 12.0. The summed E-state index contributed by atoms with van der Waals surface area (Å²) < 4.78 is 6.09. The van der Waals surface area contributed by atoms with E-state index >= 15 is 0 Å². The lowest BCUT2D eigenvalue weighted by Crippen LogP contribution is -2.36. The number of nitrogens with one attached hydrogen (secondary N) is 2. The molecule has 1 aliphatic rings. The molecule has 7 heteroatoms. The van der Waals surface area contributed by atoms with E-state index in [1.54, 1.807) is 12.4 Å². The highest BCUT2D eigenvalue weighted by Gasteiger charge is 2.32. The van der Waals surface area contributed by atoms with E-state index in [9.17, 15) is 15.0 Å². The number of carbonyl (C=O) groups is 1. The van der Waals surface area contributed by atoms with Gasteiger partial charge in [-0.25, -0.2) is 4.79 Å². The Morgan fingerprint density at radius 3 is 2.79 bits per heavy atom. The van der Waals surface area contributed by atoms with Crippen molar-refractivity contribution < 1.29 is 19.7 Å². The second-order valence-corrected chi connectivity index (χ2v) is 9.08. The first kappa shape index (κ1) is 23.3. The van der Waals surface area contributed by atoms with Crippen molar-refractivity contribution in [1.29, 1.82) is 0 Å². The molecule has 33 heavy (non-hydrogen) atoms. The first-order valence-electron chi connectivity index (χ1n) is 11.8. The molecule has 1 fully saturated rings. The van der Waals surface area contributed by atoms with Gasteiger partial charge < -0.3 is 25.3 Å². The average molecular weight is 452 g/mol. The number of fused-ring (bicyclic) bond motifs is 1. The Morgan fingerprint density at radius 2 is 2.06 bits per heavy atom. The molecule has 0 unspecified atom stereocenters. The Morgan fingerprint density at radius 1 is 1.24 bits per heavy atom. The standard InChI is InChI=1S/C26H33N3O4/c1-17(28-16-22(30)19-9-6-12-27-14-19)13-20-15-29-24-21(20)10-5-11-23(24)33-25(26(31)32)18-7-3-2-4-8-18/h5-6,9-12,14-15,17-18,22,25,28-30H,2-4,7-8,13,16H2,1H3,(H,31,32)/t17-,22-,25+/m1/s1. The first-order valence-corrected chi connectivity index (χ1v) is 11.8. The number of aliphatic hydroxyl groups is 1. The van der Waals surface area contributed by atoms with Crippen LogP contribution in [-0.4, -0.2) is 44.8 Å². The van der Waals surface area contributed by atoms with Gasteiger partial charge in [-0.2, -0.15) is 0 Å². The maximum absolute atomic E-state index is 12.0. The number of nitrogens with zero attached hydrogens (tertiary/aromatic N) is 1. The number of aromatic amines is 1. The van der Waals surface area contributed by atoms with E-state index in [-0.39, 0.29) is 12.0 Å². The Balaban J connectivity index is 1.42. The molecular weight excluding hydrogens is 418 g/mol. The molecule has 176 valence electrons. The summed E-state index contributed by atoms with van der Waals surface area (Å²) in [7, 11) is 0. The van der Waals surface area contributed by atoms with E-state index in [1.165, 1.54) is 6.42 Å². The van der Waals surface area contributed by atoms with Gasteiger partial charge in [-0.3, -0.25) is 4.98 Å². The Kier molecular flexibility index (Phi) is 7.62. The van der Waals surface area contributed by atoms with E-state index in [4.69, 9.17) is 4.74 Å². The SMILES string of the molecule is C[C@H](Cc1c[nH]c2c(O[C@H](C(=O)O)C3CCCCC3)cccc12)NC[C@@H](O)c1cccnc1. The molecule has 1 aliphatic carbocycles. The molecule has 0 spiro atoms. The highest BCUT2D eigenvalue weighted by molar-refractivity contribution is 5.88. The molecule has 0 radical (unpaired) electrons. The largest absolute Gasteiger partial charge is 0.478 e. The predicted molar refractivity (Wildman–Crippen MR) is 127 cm³/mol. The third-order valence-corrected chi connectivity index (χ3v) is 6.59. The van der Waals surface area contributed by atoms with Crippen molar-refractivity contribution in [2.45, 2.75) is 63.7 Å². The van der Waals surface area contributed by atoms with Gasteiger partial charge in [0.1, 0.15) is 5.75 Å². The van der Waals surface area contributed by atoms with Gasteiger partial charge in [0.15, 0.2) is 6.10 Å². The van der Waals surface area contributed by atoms with Crippen molar-refractivity contribution in [2.75, 3.05) is 6.54 Å². The number of ether oxygens (including phenoxy) is 1. The first-order chi connectivity index (χ1) is 16.0. The molecule has 2 aromatic heterocycles. The molecule has 0 bridgehead atoms. The molecular formula is C26H33N3O4. The van der Waals surface area contributed by atoms with Gasteiger partial charge in [0, 0.05) is 48.0 Å². The van der Waals surface area contributed by atoms with Crippen LogP contribution in [0.15, 0.2) is 48.9 Å². The number of hydrogen-bond acceptors (Lipinski definition) is 5. The summed E-state index contributed by atoms with van der Waals surface area (Å²) in [5.41, 5.74) is 2.74. The number of carboxylic acid groups (broad SMARTS) is 1. The molecule has 1 aromatic carbocycles. The number of aliphatic carboxylic acids is 1. The minimum Gasteiger partial charge on any atom is -0.478 e. The van der Waals surface area contributed by atoms with Crippen molar-refractivity contribution >= 4 is 16.9 Å². The molecule has 0 amide bonds. The normalized spacial score (nSPS) is 17.5. The van der Waals surface area contributed by atoms with Gasteiger partial charge in [0.2, 0.25) is 0 Å². The number of para-hydroxylation sites is 1. The van der Waals surface area contributed by atoms with E-state index in [0.717, 1.165) is 54.1 Å². The number of benzene rings is 1. The summed E-state index contributed by atoms with van der Waals surface area (Å²) in [5, 5.41) is 24.6. The molecule has 1 saturated carbocycles. The molecule has 3 aromatic rings. The molecule has 4 rings (SSSR count). The Bertz CT molecular complexity index is 1050. The zero-order valence-electron chi connectivity index (χ0n) is 19.0. The fraction of sp³-hybridized carbons (Fsp3) is 0.462. The van der Waals surface area contributed by atoms with Gasteiger partial charge in [-0.05, 0) is 43.9 Å². The fourth-order valence-electron chi connectivity index (χ4n) is 4.78. The van der Waals surface area contributed by atoms with Crippen LogP contribution in [0.25, 0.3) is 10.9 Å². The number of carboxylic acids is 1. The van der Waals surface area contributed by atoms with Gasteiger partial charge in [0.05, 0.1) is 11.6 Å². The number of aliphatic hydroxyl groups excluding tert-OH is 1. The van der Waals surface area contributed by atoms with Crippen LogP contribution >= 0.6 is 0 Å². The third-order valence-electron chi connectivity index (χ3n) is 6.59. The number of hydrogen-bond donors (Lipinski definition) is 4. The summed E-state index contributed by atoms with van der Waals surface area (Å²) in [6.45, 7) is 2.52. The van der Waals surface area contributed by atoms with Crippen LogP contribution in [0, 0.1) is 5.92 Å². The van der Waals surface area contributed by atoms with Crippen molar-refractivity contribution in [1.82, 2.24) is 15.3 Å². The van der Waals surface area contributed by atoms with Crippen LogP contribution in [0.1, 0.15) is 56.3 Å². The van der Waals surface area contributed by atoms with Crippen LogP contribution in [0.3, 0.4) is 0 Å². The van der Waals surface area contributed by atoms with E-state index in [0.29, 0.717) is 12.3 Å². The van der Waals surface area contributed by atoms with Crippen LogP contribution in [0.2, 0.25) is 0 Å². The minimum atomic E-state index is -0.893. The van der Waals surface area contributed by atoms with Gasteiger partial charge in [0.25, 0.3) is 0 Å². The van der Waals surface area contributed by atoms with E-state index in [2.05, 4.69) is 22.2 Å². The number of aromatic nitrogens is 2. The summed E-state index contributed by atoms with van der Waals surface area (Å²) in [4.78, 5) is 19.3.